The molecule has 1 aliphatic heterocycles. The summed E-state index contributed by atoms with van der Waals surface area (Å²) in [4.78, 5) is 2.64. The lowest BCUT2D eigenvalue weighted by atomic mass is 9.86. The summed E-state index contributed by atoms with van der Waals surface area (Å²) in [6.07, 6.45) is 5.70. The molecule has 1 N–H and O–H groups in total. The minimum Gasteiger partial charge on any atom is -0.305 e. The first-order valence-electron chi connectivity index (χ1n) is 8.21. The predicted octanol–water partition coefficient (Wildman–Crippen LogP) is 3.80. The number of nitrogens with zero attached hydrogens (tertiary/aromatic N) is 1. The van der Waals surface area contributed by atoms with Gasteiger partial charge in [0, 0.05) is 25.7 Å². The molecule has 0 radical (unpaired) electrons. The summed E-state index contributed by atoms with van der Waals surface area (Å²) >= 11 is 0. The molecule has 0 aliphatic carbocycles. The van der Waals surface area contributed by atoms with Gasteiger partial charge < -0.3 is 5.32 Å². The third-order valence-corrected chi connectivity index (χ3v) is 4.49. The minimum atomic E-state index is 0.0519. The summed E-state index contributed by atoms with van der Waals surface area (Å²) in [5.41, 5.74) is 1.44. The van der Waals surface area contributed by atoms with Crippen LogP contribution in [0.25, 0.3) is 0 Å². The molecule has 1 aromatic carbocycles. The fraction of sp³-hybridized carbons (Fsp3) is 0.579. The van der Waals surface area contributed by atoms with Crippen molar-refractivity contribution in [2.24, 2.45) is 5.92 Å². The smallest absolute Gasteiger partial charge is 0.0535 e. The third-order valence-electron chi connectivity index (χ3n) is 4.49. The van der Waals surface area contributed by atoms with E-state index in [0.717, 1.165) is 25.6 Å². The Morgan fingerprint density at radius 3 is 2.67 bits per heavy atom. The van der Waals surface area contributed by atoms with Crippen molar-refractivity contribution < 1.29 is 0 Å². The molecule has 2 nitrogen and oxygen atoms in total. The molecule has 2 atom stereocenters. The Bertz CT molecular complexity index is 452. The second-order valence-electron chi connectivity index (χ2n) is 6.86. The van der Waals surface area contributed by atoms with Crippen molar-refractivity contribution in [3.05, 3.63) is 48.0 Å². The SMILES string of the molecule is C/C=C/CN1CC(C)(c2ccccc2)NCC1CC(C)C. The zero-order valence-corrected chi connectivity index (χ0v) is 14.0. The van der Waals surface area contributed by atoms with Crippen LogP contribution in [0.15, 0.2) is 42.5 Å². The van der Waals surface area contributed by atoms with E-state index in [-0.39, 0.29) is 5.54 Å². The van der Waals surface area contributed by atoms with Crippen LogP contribution in [0.3, 0.4) is 0 Å². The average Bonchev–Trinajstić information content (AvgIpc) is 2.48. The first-order valence-corrected chi connectivity index (χ1v) is 8.21. The van der Waals surface area contributed by atoms with Gasteiger partial charge in [-0.1, -0.05) is 56.3 Å². The molecule has 1 aromatic rings. The van der Waals surface area contributed by atoms with Crippen LogP contribution in [0.1, 0.15) is 39.7 Å². The molecule has 0 bridgehead atoms. The number of hydrogen-bond acceptors (Lipinski definition) is 2. The Kier molecular flexibility index (Phi) is 5.60. The van der Waals surface area contributed by atoms with Crippen molar-refractivity contribution in [3.63, 3.8) is 0 Å². The summed E-state index contributed by atoms with van der Waals surface area (Å²) < 4.78 is 0. The van der Waals surface area contributed by atoms with E-state index in [9.17, 15) is 0 Å². The minimum absolute atomic E-state index is 0.0519. The van der Waals surface area contributed by atoms with Crippen molar-refractivity contribution in [2.75, 3.05) is 19.6 Å². The molecule has 0 amide bonds. The van der Waals surface area contributed by atoms with E-state index in [1.807, 2.05) is 0 Å². The van der Waals surface area contributed by atoms with Crippen molar-refractivity contribution in [1.29, 1.82) is 0 Å². The van der Waals surface area contributed by atoms with Gasteiger partial charge in [-0.3, -0.25) is 4.90 Å². The van der Waals surface area contributed by atoms with Gasteiger partial charge >= 0.3 is 0 Å². The van der Waals surface area contributed by atoms with Gasteiger partial charge in [0.25, 0.3) is 0 Å². The second kappa shape index (κ2) is 7.24. The zero-order valence-electron chi connectivity index (χ0n) is 14.0. The monoisotopic (exact) mass is 286 g/mol. The molecule has 116 valence electrons. The highest BCUT2D eigenvalue weighted by molar-refractivity contribution is 5.25. The summed E-state index contributed by atoms with van der Waals surface area (Å²) in [7, 11) is 0. The lowest BCUT2D eigenvalue weighted by Gasteiger charge is -2.47. The van der Waals surface area contributed by atoms with Crippen LogP contribution in [-0.2, 0) is 5.54 Å². The lowest BCUT2D eigenvalue weighted by Crippen LogP contribution is -2.61. The fourth-order valence-electron chi connectivity index (χ4n) is 3.29. The Morgan fingerprint density at radius 1 is 1.33 bits per heavy atom. The maximum atomic E-state index is 3.81. The highest BCUT2D eigenvalue weighted by Crippen LogP contribution is 2.28. The Balaban J connectivity index is 2.15. The van der Waals surface area contributed by atoms with Crippen LogP contribution in [0.5, 0.6) is 0 Å². The molecule has 1 fully saturated rings. The number of rotatable bonds is 5. The van der Waals surface area contributed by atoms with Gasteiger partial charge in [-0.05, 0) is 31.7 Å². The van der Waals surface area contributed by atoms with E-state index in [0.29, 0.717) is 6.04 Å². The molecule has 2 heteroatoms. The highest BCUT2D eigenvalue weighted by Gasteiger charge is 2.36. The maximum Gasteiger partial charge on any atom is 0.0535 e. The van der Waals surface area contributed by atoms with E-state index >= 15 is 0 Å². The molecule has 1 heterocycles. The van der Waals surface area contributed by atoms with Gasteiger partial charge in [-0.2, -0.15) is 0 Å². The molecule has 0 aromatic heterocycles. The molecule has 1 aliphatic rings. The first-order chi connectivity index (χ1) is 10.0. The van der Waals surface area contributed by atoms with E-state index in [1.54, 1.807) is 0 Å². The van der Waals surface area contributed by atoms with Gasteiger partial charge in [-0.15, -0.1) is 0 Å². The zero-order chi connectivity index (χ0) is 15.3. The maximum absolute atomic E-state index is 3.81. The summed E-state index contributed by atoms with van der Waals surface area (Å²) in [5, 5.41) is 3.81. The van der Waals surface area contributed by atoms with Gasteiger partial charge in [-0.25, -0.2) is 0 Å². The highest BCUT2D eigenvalue weighted by atomic mass is 15.2. The van der Waals surface area contributed by atoms with Crippen LogP contribution >= 0.6 is 0 Å². The Labute approximate surface area is 130 Å². The molecule has 0 spiro atoms. The largest absolute Gasteiger partial charge is 0.305 e. The van der Waals surface area contributed by atoms with Gasteiger partial charge in [0.2, 0.25) is 0 Å². The van der Waals surface area contributed by atoms with Crippen molar-refractivity contribution in [2.45, 2.75) is 45.7 Å². The van der Waals surface area contributed by atoms with Crippen molar-refractivity contribution in [3.8, 4) is 0 Å². The van der Waals surface area contributed by atoms with Gasteiger partial charge in [0.1, 0.15) is 0 Å². The average molecular weight is 286 g/mol. The molecular formula is C19H30N2. The predicted molar refractivity (Wildman–Crippen MR) is 91.4 cm³/mol. The summed E-state index contributed by atoms with van der Waals surface area (Å²) in [6.45, 7) is 12.3. The van der Waals surface area contributed by atoms with E-state index in [2.05, 4.69) is 80.4 Å². The number of nitrogens with one attached hydrogen (secondary N) is 1. The standard InChI is InChI=1S/C19H30N2/c1-5-6-12-21-15-19(4,17-10-8-7-9-11-17)20-14-18(21)13-16(2)3/h5-11,16,18,20H,12-15H2,1-4H3/b6-5+. The molecule has 2 unspecified atom stereocenters. The molecule has 21 heavy (non-hydrogen) atoms. The third kappa shape index (κ3) is 4.18. The molecule has 0 saturated carbocycles. The van der Waals surface area contributed by atoms with E-state index in [4.69, 9.17) is 0 Å². The number of hydrogen-bond donors (Lipinski definition) is 1. The van der Waals surface area contributed by atoms with Crippen LogP contribution < -0.4 is 5.32 Å². The lowest BCUT2D eigenvalue weighted by molar-refractivity contribution is 0.0847. The quantitative estimate of drug-likeness (QED) is 0.828. The fourth-order valence-corrected chi connectivity index (χ4v) is 3.29. The van der Waals surface area contributed by atoms with Crippen molar-refractivity contribution >= 4 is 0 Å². The molecule has 2 rings (SSSR count). The molecule has 1 saturated heterocycles. The second-order valence-corrected chi connectivity index (χ2v) is 6.86. The van der Waals surface area contributed by atoms with E-state index < -0.39 is 0 Å². The van der Waals surface area contributed by atoms with Gasteiger partial charge in [0.15, 0.2) is 0 Å². The van der Waals surface area contributed by atoms with Crippen molar-refractivity contribution in [1.82, 2.24) is 10.2 Å². The van der Waals surface area contributed by atoms with Gasteiger partial charge in [0.05, 0.1) is 5.54 Å². The Hall–Kier alpha value is -1.12. The van der Waals surface area contributed by atoms with Crippen LogP contribution in [-0.4, -0.2) is 30.6 Å². The molecular weight excluding hydrogens is 256 g/mol. The summed E-state index contributed by atoms with van der Waals surface area (Å²) in [5.74, 6) is 0.742. The Morgan fingerprint density at radius 2 is 2.05 bits per heavy atom. The number of benzene rings is 1. The van der Waals surface area contributed by atoms with E-state index in [1.165, 1.54) is 12.0 Å². The topological polar surface area (TPSA) is 15.3 Å². The number of piperazine rings is 1. The summed E-state index contributed by atoms with van der Waals surface area (Å²) in [6, 6.07) is 11.5. The normalized spacial score (nSPS) is 27.6. The number of allylic oxidation sites excluding steroid dienone is 1. The van der Waals surface area contributed by atoms with Crippen LogP contribution in [0.2, 0.25) is 0 Å². The first kappa shape index (κ1) is 16.3. The van der Waals surface area contributed by atoms with Crippen LogP contribution in [0.4, 0.5) is 0 Å². The van der Waals surface area contributed by atoms with Crippen LogP contribution in [0, 0.1) is 5.92 Å².